The zero-order valence-corrected chi connectivity index (χ0v) is 13.9. The van der Waals surface area contributed by atoms with Crippen LogP contribution >= 0.6 is 0 Å². The number of fused-ring (bicyclic) bond motifs is 1. The number of carbonyl (C=O) groups excluding carboxylic acids is 1. The maximum Gasteiger partial charge on any atom is 0.471 e. The molecule has 26 heavy (non-hydrogen) atoms. The molecule has 0 atom stereocenters. The number of benzene rings is 1. The summed E-state index contributed by atoms with van der Waals surface area (Å²) in [5.41, 5.74) is 3.01. The summed E-state index contributed by atoms with van der Waals surface area (Å²) < 4.78 is 41.8. The highest BCUT2D eigenvalue weighted by Crippen LogP contribution is 2.32. The molecule has 1 aliphatic rings. The Kier molecular flexibility index (Phi) is 3.64. The summed E-state index contributed by atoms with van der Waals surface area (Å²) in [6.07, 6.45) is -1.28. The van der Waals surface area contributed by atoms with Crippen LogP contribution in [-0.4, -0.2) is 31.3 Å². The van der Waals surface area contributed by atoms with Crippen LogP contribution in [0.4, 0.5) is 13.2 Å². The number of hydrogen-bond acceptors (Lipinski definition) is 2. The van der Waals surface area contributed by atoms with Crippen LogP contribution in [0.1, 0.15) is 16.8 Å². The molecule has 0 saturated carbocycles. The second kappa shape index (κ2) is 5.76. The van der Waals surface area contributed by atoms with E-state index in [9.17, 15) is 18.0 Å². The fourth-order valence-corrected chi connectivity index (χ4v) is 3.13. The molecule has 2 aromatic heterocycles. The maximum atomic E-state index is 12.8. The summed E-state index contributed by atoms with van der Waals surface area (Å²) in [6, 6.07) is 11.4. The van der Waals surface area contributed by atoms with Gasteiger partial charge in [0.1, 0.15) is 5.82 Å². The number of aryl methyl sites for hydroxylation is 1. The van der Waals surface area contributed by atoms with Crippen LogP contribution in [0, 0.1) is 6.92 Å². The van der Waals surface area contributed by atoms with Gasteiger partial charge in [0.15, 0.2) is 0 Å². The number of aromatic nitrogens is 3. The van der Waals surface area contributed by atoms with E-state index in [0.29, 0.717) is 17.1 Å². The monoisotopic (exact) mass is 360 g/mol. The number of alkyl halides is 3. The van der Waals surface area contributed by atoms with Gasteiger partial charge in [0, 0.05) is 18.0 Å². The molecule has 4 rings (SSSR count). The molecule has 3 aromatic rings. The van der Waals surface area contributed by atoms with Crippen LogP contribution in [0.5, 0.6) is 0 Å². The van der Waals surface area contributed by atoms with Gasteiger partial charge in [-0.25, -0.2) is 4.68 Å². The largest absolute Gasteiger partial charge is 0.471 e. The van der Waals surface area contributed by atoms with Crippen molar-refractivity contribution in [3.63, 3.8) is 0 Å². The standard InChI is InChI=1S/C18H15F3N4O/c1-12-4-6-13(7-5-12)25-16(23-8-2-3-9-23)14-10-24(11-15(14)22-25)17(26)18(19,20)21/h2-9H,10-11H2,1H3. The van der Waals surface area contributed by atoms with Crippen LogP contribution in [0.25, 0.3) is 11.5 Å². The number of hydrogen-bond donors (Lipinski definition) is 0. The number of rotatable bonds is 2. The second-order valence-electron chi connectivity index (χ2n) is 6.25. The van der Waals surface area contributed by atoms with Crippen molar-refractivity contribution in [1.29, 1.82) is 0 Å². The lowest BCUT2D eigenvalue weighted by Crippen LogP contribution is -2.38. The average molecular weight is 360 g/mol. The number of carbonyl (C=O) groups is 1. The van der Waals surface area contributed by atoms with E-state index in [1.807, 2.05) is 43.3 Å². The Labute approximate surface area is 147 Å². The van der Waals surface area contributed by atoms with Gasteiger partial charge < -0.3 is 9.47 Å². The van der Waals surface area contributed by atoms with E-state index in [0.717, 1.165) is 16.2 Å². The van der Waals surface area contributed by atoms with Gasteiger partial charge in [0.25, 0.3) is 0 Å². The van der Waals surface area contributed by atoms with Gasteiger partial charge in [-0.1, -0.05) is 17.7 Å². The van der Waals surface area contributed by atoms with Crippen LogP contribution in [-0.2, 0) is 17.9 Å². The van der Waals surface area contributed by atoms with Gasteiger partial charge in [-0.15, -0.1) is 0 Å². The third-order valence-corrected chi connectivity index (χ3v) is 4.39. The molecule has 0 N–H and O–H groups in total. The molecule has 0 fully saturated rings. The minimum atomic E-state index is -4.88. The Morgan fingerprint density at radius 1 is 1.08 bits per heavy atom. The summed E-state index contributed by atoms with van der Waals surface area (Å²) in [6.45, 7) is 1.70. The molecule has 0 bridgehead atoms. The Bertz CT molecular complexity index is 956. The molecule has 0 radical (unpaired) electrons. The molecular weight excluding hydrogens is 345 g/mol. The molecular formula is C18H15F3N4O. The average Bonchev–Trinajstić information content (AvgIpc) is 3.29. The van der Waals surface area contributed by atoms with Crippen molar-refractivity contribution in [2.45, 2.75) is 26.2 Å². The summed E-state index contributed by atoms with van der Waals surface area (Å²) in [5.74, 6) is -1.19. The second-order valence-corrected chi connectivity index (χ2v) is 6.25. The molecule has 0 unspecified atom stereocenters. The molecule has 5 nitrogen and oxygen atoms in total. The first-order chi connectivity index (χ1) is 12.3. The first-order valence-corrected chi connectivity index (χ1v) is 8.02. The highest BCUT2D eigenvalue weighted by atomic mass is 19.4. The van der Waals surface area contributed by atoms with Gasteiger partial charge in [-0.3, -0.25) is 4.79 Å². The maximum absolute atomic E-state index is 12.8. The van der Waals surface area contributed by atoms with E-state index in [2.05, 4.69) is 5.10 Å². The molecule has 0 aliphatic carbocycles. The van der Waals surface area contributed by atoms with Crippen LogP contribution in [0.15, 0.2) is 48.8 Å². The smallest absolute Gasteiger partial charge is 0.324 e. The summed E-state index contributed by atoms with van der Waals surface area (Å²) in [7, 11) is 0. The van der Waals surface area contributed by atoms with E-state index >= 15 is 0 Å². The lowest BCUT2D eigenvalue weighted by molar-refractivity contribution is -0.186. The van der Waals surface area contributed by atoms with Gasteiger partial charge >= 0.3 is 12.1 Å². The van der Waals surface area contributed by atoms with Gasteiger partial charge in [-0.05, 0) is 31.2 Å². The minimum absolute atomic E-state index is 0.118. The van der Waals surface area contributed by atoms with Crippen molar-refractivity contribution in [2.75, 3.05) is 0 Å². The van der Waals surface area contributed by atoms with E-state index in [-0.39, 0.29) is 13.1 Å². The van der Waals surface area contributed by atoms with E-state index in [1.54, 1.807) is 21.6 Å². The van der Waals surface area contributed by atoms with Crippen LogP contribution in [0.2, 0.25) is 0 Å². The topological polar surface area (TPSA) is 43.1 Å². The van der Waals surface area contributed by atoms with E-state index < -0.39 is 12.1 Å². The van der Waals surface area contributed by atoms with Crippen molar-refractivity contribution in [3.8, 4) is 11.5 Å². The lowest BCUT2D eigenvalue weighted by atomic mass is 10.2. The van der Waals surface area contributed by atoms with Crippen molar-refractivity contribution in [3.05, 3.63) is 65.6 Å². The number of halogens is 3. The van der Waals surface area contributed by atoms with Crippen molar-refractivity contribution < 1.29 is 18.0 Å². The highest BCUT2D eigenvalue weighted by molar-refractivity contribution is 5.82. The quantitative estimate of drug-likeness (QED) is 0.703. The predicted molar refractivity (Wildman–Crippen MR) is 87.9 cm³/mol. The van der Waals surface area contributed by atoms with Gasteiger partial charge in [-0.2, -0.15) is 18.3 Å². The SMILES string of the molecule is Cc1ccc(-n2nc3c(c2-n2cccc2)CN(C(=O)C(F)(F)F)C3)cc1. The normalized spacial score (nSPS) is 13.9. The fourth-order valence-electron chi connectivity index (χ4n) is 3.13. The molecule has 1 aliphatic heterocycles. The van der Waals surface area contributed by atoms with Gasteiger partial charge in [0.2, 0.25) is 0 Å². The van der Waals surface area contributed by atoms with Crippen LogP contribution < -0.4 is 0 Å². The molecule has 1 amide bonds. The van der Waals surface area contributed by atoms with Crippen molar-refractivity contribution in [2.24, 2.45) is 0 Å². The first kappa shape index (κ1) is 16.4. The molecule has 3 heterocycles. The van der Waals surface area contributed by atoms with Crippen molar-refractivity contribution in [1.82, 2.24) is 19.2 Å². The minimum Gasteiger partial charge on any atom is -0.324 e. The Balaban J connectivity index is 1.79. The molecule has 0 saturated heterocycles. The zero-order chi connectivity index (χ0) is 18.5. The predicted octanol–water partition coefficient (Wildman–Crippen LogP) is 3.38. The first-order valence-electron chi connectivity index (χ1n) is 8.02. The van der Waals surface area contributed by atoms with Crippen molar-refractivity contribution >= 4 is 5.91 Å². The third kappa shape index (κ3) is 2.67. The Morgan fingerprint density at radius 2 is 1.73 bits per heavy atom. The highest BCUT2D eigenvalue weighted by Gasteiger charge is 2.45. The Morgan fingerprint density at radius 3 is 2.35 bits per heavy atom. The molecule has 0 spiro atoms. The zero-order valence-electron chi connectivity index (χ0n) is 13.9. The van der Waals surface area contributed by atoms with Gasteiger partial charge in [0.05, 0.1) is 24.5 Å². The summed E-state index contributed by atoms with van der Waals surface area (Å²) in [4.78, 5) is 12.4. The van der Waals surface area contributed by atoms with Crippen LogP contribution in [0.3, 0.4) is 0 Å². The summed E-state index contributed by atoms with van der Waals surface area (Å²) in [5, 5.41) is 4.50. The molecule has 134 valence electrons. The Hall–Kier alpha value is -3.03. The number of nitrogens with zero attached hydrogens (tertiary/aromatic N) is 4. The number of amides is 1. The molecule has 1 aromatic carbocycles. The van der Waals surface area contributed by atoms with E-state index in [4.69, 9.17) is 0 Å². The third-order valence-electron chi connectivity index (χ3n) is 4.39. The summed E-state index contributed by atoms with van der Waals surface area (Å²) >= 11 is 0. The van der Waals surface area contributed by atoms with E-state index in [1.165, 1.54) is 0 Å². The lowest BCUT2D eigenvalue weighted by Gasteiger charge is -2.18. The fraction of sp³-hybridized carbons (Fsp3) is 0.222. The molecule has 8 heteroatoms.